The molecule has 0 bridgehead atoms. The van der Waals surface area contributed by atoms with Crippen molar-refractivity contribution in [1.82, 2.24) is 15.1 Å². The number of hydrogen-bond donors (Lipinski definition) is 2. The molecule has 2 atom stereocenters. The van der Waals surface area contributed by atoms with Crippen molar-refractivity contribution in [3.05, 3.63) is 34.9 Å². The van der Waals surface area contributed by atoms with Crippen molar-refractivity contribution < 1.29 is 9.90 Å². The number of β-amino-alcohol motifs (C(OH)–C–C–N with tert-alkyl or cyclic N) is 1. The lowest BCUT2D eigenvalue weighted by molar-refractivity contribution is -0.123. The van der Waals surface area contributed by atoms with E-state index in [1.807, 2.05) is 31.2 Å². The lowest BCUT2D eigenvalue weighted by Gasteiger charge is -2.40. The highest BCUT2D eigenvalue weighted by molar-refractivity contribution is 6.30. The molecule has 23 heavy (non-hydrogen) atoms. The Balaban J connectivity index is 1.72. The Hall–Kier alpha value is -1.14. The van der Waals surface area contributed by atoms with Crippen LogP contribution in [0.25, 0.3) is 0 Å². The van der Waals surface area contributed by atoms with Crippen molar-refractivity contribution in [2.75, 3.05) is 32.7 Å². The summed E-state index contributed by atoms with van der Waals surface area (Å²) < 4.78 is 0. The normalized spacial score (nSPS) is 21.1. The summed E-state index contributed by atoms with van der Waals surface area (Å²) in [4.78, 5) is 16.5. The maximum atomic E-state index is 12.1. The van der Waals surface area contributed by atoms with Crippen LogP contribution in [0.15, 0.2) is 24.3 Å². The number of nitrogens with zero attached hydrogens (tertiary/aromatic N) is 2. The highest BCUT2D eigenvalue weighted by Crippen LogP contribution is 2.11. The molecule has 1 aromatic carbocycles. The van der Waals surface area contributed by atoms with Gasteiger partial charge in [0, 0.05) is 43.8 Å². The number of halogens is 1. The van der Waals surface area contributed by atoms with Crippen LogP contribution in [0.4, 0.5) is 0 Å². The number of aliphatic hydroxyl groups excluding tert-OH is 1. The Labute approximate surface area is 143 Å². The fourth-order valence-corrected chi connectivity index (χ4v) is 3.01. The maximum Gasteiger partial charge on any atom is 0.234 e. The second-order valence-electron chi connectivity index (χ2n) is 6.33. The fourth-order valence-electron chi connectivity index (χ4n) is 2.89. The molecular formula is C17H26ClN3O2. The molecule has 2 rings (SSSR count). The summed E-state index contributed by atoms with van der Waals surface area (Å²) in [6.45, 7) is 8.16. The number of nitrogens with one attached hydrogen (secondary N) is 1. The van der Waals surface area contributed by atoms with Gasteiger partial charge in [-0.15, -0.1) is 0 Å². The second kappa shape index (κ2) is 8.64. The lowest BCUT2D eigenvalue weighted by Crippen LogP contribution is -2.55. The van der Waals surface area contributed by atoms with Crippen molar-refractivity contribution in [2.24, 2.45) is 0 Å². The quantitative estimate of drug-likeness (QED) is 0.821. The molecular weight excluding hydrogens is 314 g/mol. The number of carbonyl (C=O) groups excluding carboxylic acids is 1. The van der Waals surface area contributed by atoms with Crippen molar-refractivity contribution in [2.45, 2.75) is 32.5 Å². The molecule has 5 nitrogen and oxygen atoms in total. The summed E-state index contributed by atoms with van der Waals surface area (Å²) >= 11 is 5.85. The fraction of sp³-hybridized carbons (Fsp3) is 0.588. The predicted molar refractivity (Wildman–Crippen MR) is 92.5 cm³/mol. The van der Waals surface area contributed by atoms with Gasteiger partial charge in [0.2, 0.25) is 5.91 Å². The smallest absolute Gasteiger partial charge is 0.234 e. The van der Waals surface area contributed by atoms with Gasteiger partial charge < -0.3 is 10.4 Å². The molecule has 0 radical (unpaired) electrons. The van der Waals surface area contributed by atoms with Gasteiger partial charge in [0.15, 0.2) is 0 Å². The minimum atomic E-state index is -0.313. The van der Waals surface area contributed by atoms with E-state index >= 15 is 0 Å². The Kier molecular flexibility index (Phi) is 6.84. The molecule has 1 heterocycles. The predicted octanol–water partition coefficient (Wildman–Crippen LogP) is 1.34. The first-order chi connectivity index (χ1) is 10.9. The molecule has 1 saturated heterocycles. The standard InChI is InChI=1S/C17H26ClN3O2/c1-13-10-20(7-8-21(13)11-14(2)22)12-17(23)19-9-15-3-5-16(18)6-4-15/h3-6,13-14,22H,7-12H2,1-2H3,(H,19,23)/t13-,14+/m1/s1. The first-order valence-electron chi connectivity index (χ1n) is 8.09. The van der Waals surface area contributed by atoms with Gasteiger partial charge in [-0.3, -0.25) is 14.6 Å². The molecule has 1 fully saturated rings. The average Bonchev–Trinajstić information content (AvgIpc) is 2.49. The highest BCUT2D eigenvalue weighted by Gasteiger charge is 2.25. The van der Waals surface area contributed by atoms with Gasteiger partial charge in [0.05, 0.1) is 12.6 Å². The van der Waals surface area contributed by atoms with Crippen LogP contribution < -0.4 is 5.32 Å². The van der Waals surface area contributed by atoms with Crippen LogP contribution in [-0.2, 0) is 11.3 Å². The zero-order valence-electron chi connectivity index (χ0n) is 13.8. The lowest BCUT2D eigenvalue weighted by atomic mass is 10.1. The van der Waals surface area contributed by atoms with E-state index in [4.69, 9.17) is 11.6 Å². The van der Waals surface area contributed by atoms with Crippen molar-refractivity contribution >= 4 is 17.5 Å². The Morgan fingerprint density at radius 3 is 2.70 bits per heavy atom. The van der Waals surface area contributed by atoms with Gasteiger partial charge in [0.1, 0.15) is 0 Å². The third kappa shape index (κ3) is 6.11. The zero-order chi connectivity index (χ0) is 16.8. The maximum absolute atomic E-state index is 12.1. The first kappa shape index (κ1) is 18.2. The molecule has 0 saturated carbocycles. The third-order valence-corrected chi connectivity index (χ3v) is 4.37. The molecule has 1 aliphatic heterocycles. The molecule has 2 N–H and O–H groups in total. The molecule has 0 aromatic heterocycles. The van der Waals surface area contributed by atoms with E-state index in [-0.39, 0.29) is 12.0 Å². The summed E-state index contributed by atoms with van der Waals surface area (Å²) in [6.07, 6.45) is -0.313. The van der Waals surface area contributed by atoms with Gasteiger partial charge in [-0.05, 0) is 31.5 Å². The van der Waals surface area contributed by atoms with Gasteiger partial charge >= 0.3 is 0 Å². The van der Waals surface area contributed by atoms with Crippen LogP contribution in [0.1, 0.15) is 19.4 Å². The van der Waals surface area contributed by atoms with Crippen LogP contribution in [0.3, 0.4) is 0 Å². The second-order valence-corrected chi connectivity index (χ2v) is 6.77. The zero-order valence-corrected chi connectivity index (χ0v) is 14.6. The van der Waals surface area contributed by atoms with Crippen LogP contribution in [0.5, 0.6) is 0 Å². The summed E-state index contributed by atoms with van der Waals surface area (Å²) in [6, 6.07) is 7.83. The number of aliphatic hydroxyl groups is 1. The Morgan fingerprint density at radius 1 is 1.39 bits per heavy atom. The van der Waals surface area contributed by atoms with Crippen molar-refractivity contribution in [1.29, 1.82) is 0 Å². The van der Waals surface area contributed by atoms with Crippen LogP contribution in [-0.4, -0.2) is 65.7 Å². The summed E-state index contributed by atoms with van der Waals surface area (Å²) in [5, 5.41) is 13.1. The van der Waals surface area contributed by atoms with E-state index in [0.717, 1.165) is 25.2 Å². The highest BCUT2D eigenvalue weighted by atomic mass is 35.5. The summed E-state index contributed by atoms with van der Waals surface area (Å²) in [5.74, 6) is 0.0381. The average molecular weight is 340 g/mol. The number of hydrogen-bond acceptors (Lipinski definition) is 4. The first-order valence-corrected chi connectivity index (χ1v) is 8.47. The number of benzene rings is 1. The molecule has 0 aliphatic carbocycles. The van der Waals surface area contributed by atoms with Crippen LogP contribution in [0, 0.1) is 0 Å². The Morgan fingerprint density at radius 2 is 2.09 bits per heavy atom. The van der Waals surface area contributed by atoms with E-state index in [2.05, 4.69) is 22.0 Å². The largest absolute Gasteiger partial charge is 0.392 e. The molecule has 0 spiro atoms. The molecule has 128 valence electrons. The monoisotopic (exact) mass is 339 g/mol. The summed E-state index contributed by atoms with van der Waals surface area (Å²) in [5.41, 5.74) is 1.04. The molecule has 1 amide bonds. The molecule has 1 aliphatic rings. The number of piperazine rings is 1. The van der Waals surface area contributed by atoms with E-state index in [1.165, 1.54) is 0 Å². The van der Waals surface area contributed by atoms with Crippen molar-refractivity contribution in [3.8, 4) is 0 Å². The molecule has 1 aromatic rings. The third-order valence-electron chi connectivity index (χ3n) is 4.12. The molecule has 6 heteroatoms. The number of carbonyl (C=O) groups is 1. The van der Waals surface area contributed by atoms with Crippen molar-refractivity contribution in [3.63, 3.8) is 0 Å². The molecule has 0 unspecified atom stereocenters. The van der Waals surface area contributed by atoms with E-state index in [0.29, 0.717) is 30.7 Å². The van der Waals surface area contributed by atoms with Crippen LogP contribution in [0.2, 0.25) is 5.02 Å². The van der Waals surface area contributed by atoms with Gasteiger partial charge in [0.25, 0.3) is 0 Å². The van der Waals surface area contributed by atoms with E-state index < -0.39 is 0 Å². The van der Waals surface area contributed by atoms with Gasteiger partial charge in [-0.1, -0.05) is 23.7 Å². The van der Waals surface area contributed by atoms with E-state index in [1.54, 1.807) is 0 Å². The topological polar surface area (TPSA) is 55.8 Å². The van der Waals surface area contributed by atoms with Crippen LogP contribution >= 0.6 is 11.6 Å². The number of rotatable bonds is 6. The van der Waals surface area contributed by atoms with Gasteiger partial charge in [-0.25, -0.2) is 0 Å². The minimum Gasteiger partial charge on any atom is -0.392 e. The Bertz CT molecular complexity index is 507. The van der Waals surface area contributed by atoms with E-state index in [9.17, 15) is 9.90 Å². The number of amides is 1. The summed E-state index contributed by atoms with van der Waals surface area (Å²) in [7, 11) is 0. The minimum absolute atomic E-state index is 0.0381. The SMILES string of the molecule is C[C@H](O)CN1CCN(CC(=O)NCc2ccc(Cl)cc2)C[C@H]1C. The van der Waals surface area contributed by atoms with Gasteiger partial charge in [-0.2, -0.15) is 0 Å².